The Labute approximate surface area is 125 Å². The van der Waals surface area contributed by atoms with Crippen molar-refractivity contribution in [3.8, 4) is 0 Å². The molecule has 0 aliphatic heterocycles. The van der Waals surface area contributed by atoms with Crippen LogP contribution in [-0.2, 0) is 16.4 Å². The van der Waals surface area contributed by atoms with Crippen molar-refractivity contribution in [3.63, 3.8) is 0 Å². The molecule has 0 spiro atoms. The molecule has 0 saturated carbocycles. The summed E-state index contributed by atoms with van der Waals surface area (Å²) in [6.07, 6.45) is 6.35. The number of nitrogen functional groups attached to an aromatic ring is 1. The van der Waals surface area contributed by atoms with Gasteiger partial charge in [0.25, 0.3) is 10.0 Å². The van der Waals surface area contributed by atoms with Gasteiger partial charge < -0.3 is 10.7 Å². The molecule has 0 radical (unpaired) electrons. The second kappa shape index (κ2) is 5.47. The second-order valence-corrected chi connectivity index (χ2v) is 6.95. The first-order valence-electron chi connectivity index (χ1n) is 6.27. The van der Waals surface area contributed by atoms with E-state index in [1.54, 1.807) is 24.0 Å². The largest absolute Gasteiger partial charge is 0.381 e. The van der Waals surface area contributed by atoms with Crippen molar-refractivity contribution in [1.82, 2.24) is 24.1 Å². The minimum atomic E-state index is -3.68. The molecule has 0 aliphatic carbocycles. The van der Waals surface area contributed by atoms with Crippen LogP contribution in [0.4, 0.5) is 5.82 Å². The van der Waals surface area contributed by atoms with Crippen LogP contribution in [0.3, 0.4) is 0 Å². The first kappa shape index (κ1) is 14.0. The van der Waals surface area contributed by atoms with Crippen molar-refractivity contribution in [2.24, 2.45) is 0 Å². The van der Waals surface area contributed by atoms with Crippen LogP contribution < -0.4 is 10.5 Å². The highest BCUT2D eigenvalue weighted by Crippen LogP contribution is 2.22. The molecule has 0 aromatic carbocycles. The van der Waals surface area contributed by atoms with E-state index in [1.165, 1.54) is 15.7 Å². The molecule has 10 heteroatoms. The third-order valence-corrected chi connectivity index (χ3v) is 5.19. The Bertz CT molecular complexity index is 833. The number of nitrogens with one attached hydrogen (secondary N) is 2. The fourth-order valence-electron chi connectivity index (χ4n) is 2.01. The fraction of sp³-hybridized carbons (Fsp3) is 0.273. The van der Waals surface area contributed by atoms with Gasteiger partial charge >= 0.3 is 0 Å². The van der Waals surface area contributed by atoms with E-state index in [0.717, 1.165) is 5.82 Å². The van der Waals surface area contributed by atoms with Gasteiger partial charge in [0.15, 0.2) is 15.8 Å². The Hall–Kier alpha value is -1.91. The zero-order valence-corrected chi connectivity index (χ0v) is 12.6. The highest BCUT2D eigenvalue weighted by molar-refractivity contribution is 7.89. The van der Waals surface area contributed by atoms with Crippen molar-refractivity contribution in [2.75, 3.05) is 12.3 Å². The highest BCUT2D eigenvalue weighted by Gasteiger charge is 2.23. The van der Waals surface area contributed by atoms with Gasteiger partial charge in [-0.2, -0.15) is 0 Å². The van der Waals surface area contributed by atoms with Gasteiger partial charge in [-0.25, -0.2) is 23.1 Å². The number of hydrogen-bond acceptors (Lipinski definition) is 6. The van der Waals surface area contributed by atoms with Crippen LogP contribution in [0.5, 0.6) is 0 Å². The summed E-state index contributed by atoms with van der Waals surface area (Å²) in [5.41, 5.74) is 5.71. The summed E-state index contributed by atoms with van der Waals surface area (Å²) in [6.45, 7) is 0.305. The molecular weight excluding hydrogens is 312 g/mol. The summed E-state index contributed by atoms with van der Waals surface area (Å²) in [7, 11) is -3.68. The molecule has 112 valence electrons. The molecular formula is C11H14N6O2S2. The standard InChI is InChI=1S/C11H14N6O2S2/c12-9-10(17-6-7-20-11(17)16-9)21(18,19)15-3-1-2-8-13-4-5-14-8/h4-7,15H,1-3,12H2,(H,13,14). The van der Waals surface area contributed by atoms with E-state index in [-0.39, 0.29) is 10.8 Å². The number of imidazole rings is 2. The lowest BCUT2D eigenvalue weighted by atomic mass is 10.3. The lowest BCUT2D eigenvalue weighted by molar-refractivity contribution is 0.574. The van der Waals surface area contributed by atoms with Gasteiger partial charge in [0.2, 0.25) is 0 Å². The normalized spacial score (nSPS) is 12.2. The van der Waals surface area contributed by atoms with Crippen molar-refractivity contribution < 1.29 is 8.42 Å². The van der Waals surface area contributed by atoms with Gasteiger partial charge in [0, 0.05) is 36.9 Å². The van der Waals surface area contributed by atoms with Crippen molar-refractivity contribution >= 4 is 32.1 Å². The zero-order valence-electron chi connectivity index (χ0n) is 11.0. The number of sulfonamides is 1. The lowest BCUT2D eigenvalue weighted by Gasteiger charge is -2.06. The zero-order chi connectivity index (χ0) is 14.9. The van der Waals surface area contributed by atoms with Gasteiger partial charge in [0.1, 0.15) is 5.82 Å². The molecule has 0 aliphatic rings. The van der Waals surface area contributed by atoms with Crippen molar-refractivity contribution in [1.29, 1.82) is 0 Å². The Morgan fingerprint density at radius 2 is 2.33 bits per heavy atom. The lowest BCUT2D eigenvalue weighted by Crippen LogP contribution is -2.27. The Morgan fingerprint density at radius 3 is 3.10 bits per heavy atom. The van der Waals surface area contributed by atoms with Gasteiger partial charge in [-0.05, 0) is 6.42 Å². The van der Waals surface area contributed by atoms with Crippen LogP contribution in [0.2, 0.25) is 0 Å². The van der Waals surface area contributed by atoms with E-state index in [1.807, 2.05) is 0 Å². The maximum Gasteiger partial charge on any atom is 0.260 e. The predicted molar refractivity (Wildman–Crippen MR) is 79.6 cm³/mol. The van der Waals surface area contributed by atoms with Crippen LogP contribution in [0.1, 0.15) is 12.2 Å². The van der Waals surface area contributed by atoms with E-state index in [0.29, 0.717) is 24.3 Å². The summed E-state index contributed by atoms with van der Waals surface area (Å²) in [6, 6.07) is 0. The number of aryl methyl sites for hydroxylation is 1. The van der Waals surface area contributed by atoms with Crippen LogP contribution in [-0.4, -0.2) is 34.3 Å². The number of nitrogens with two attached hydrogens (primary N) is 1. The monoisotopic (exact) mass is 326 g/mol. The van der Waals surface area contributed by atoms with E-state index in [9.17, 15) is 8.42 Å². The molecule has 4 N–H and O–H groups in total. The summed E-state index contributed by atoms with van der Waals surface area (Å²) in [4.78, 5) is 11.6. The number of nitrogens with zero attached hydrogens (tertiary/aromatic N) is 3. The number of aromatic amines is 1. The SMILES string of the molecule is Nc1nc2sccn2c1S(=O)(=O)NCCCc1ncc[nH]1. The van der Waals surface area contributed by atoms with Crippen molar-refractivity contribution in [3.05, 3.63) is 29.8 Å². The first-order chi connectivity index (χ1) is 10.1. The fourth-order valence-corrected chi connectivity index (χ4v) is 4.07. The molecule has 0 saturated heterocycles. The van der Waals surface area contributed by atoms with E-state index in [2.05, 4.69) is 19.7 Å². The number of H-pyrrole nitrogens is 1. The number of aromatic nitrogens is 4. The molecule has 3 aromatic rings. The van der Waals surface area contributed by atoms with Gasteiger partial charge in [-0.3, -0.25) is 4.40 Å². The highest BCUT2D eigenvalue weighted by atomic mass is 32.2. The third kappa shape index (κ3) is 2.77. The maximum atomic E-state index is 12.3. The Balaban J connectivity index is 1.69. The Kier molecular flexibility index (Phi) is 3.66. The quantitative estimate of drug-likeness (QED) is 0.574. The number of thiazole rings is 1. The van der Waals surface area contributed by atoms with Gasteiger partial charge in [-0.15, -0.1) is 11.3 Å². The summed E-state index contributed by atoms with van der Waals surface area (Å²) >= 11 is 1.33. The third-order valence-electron chi connectivity index (χ3n) is 2.94. The summed E-state index contributed by atoms with van der Waals surface area (Å²) in [5.74, 6) is 0.846. The molecule has 3 rings (SSSR count). The topological polar surface area (TPSA) is 118 Å². The smallest absolute Gasteiger partial charge is 0.260 e. The first-order valence-corrected chi connectivity index (χ1v) is 8.63. The number of anilines is 1. The predicted octanol–water partition coefficient (Wildman–Crippen LogP) is 0.612. The number of hydrogen-bond donors (Lipinski definition) is 3. The second-order valence-electron chi connectivity index (χ2n) is 4.39. The minimum Gasteiger partial charge on any atom is -0.381 e. The van der Waals surface area contributed by atoms with Gasteiger partial charge in [0.05, 0.1) is 0 Å². The molecule has 0 bridgehead atoms. The molecule has 3 aromatic heterocycles. The summed E-state index contributed by atoms with van der Waals surface area (Å²) < 4.78 is 28.7. The maximum absolute atomic E-state index is 12.3. The molecule has 0 amide bonds. The van der Waals surface area contributed by atoms with Crippen LogP contribution in [0.15, 0.2) is 29.0 Å². The average molecular weight is 326 g/mol. The van der Waals surface area contributed by atoms with E-state index in [4.69, 9.17) is 5.73 Å². The molecule has 0 fully saturated rings. The molecule has 0 atom stereocenters. The van der Waals surface area contributed by atoms with Crippen molar-refractivity contribution in [2.45, 2.75) is 17.9 Å². The van der Waals surface area contributed by atoms with E-state index < -0.39 is 10.0 Å². The molecule has 8 nitrogen and oxygen atoms in total. The molecule has 0 unspecified atom stereocenters. The van der Waals surface area contributed by atoms with Crippen LogP contribution >= 0.6 is 11.3 Å². The van der Waals surface area contributed by atoms with Crippen LogP contribution in [0.25, 0.3) is 4.96 Å². The molecule has 3 heterocycles. The Morgan fingerprint density at radius 1 is 1.48 bits per heavy atom. The average Bonchev–Trinajstić information content (AvgIpc) is 3.10. The minimum absolute atomic E-state index is 0.00301. The number of fused-ring (bicyclic) bond motifs is 1. The van der Waals surface area contributed by atoms with Gasteiger partial charge in [-0.1, -0.05) is 0 Å². The summed E-state index contributed by atoms with van der Waals surface area (Å²) in [5, 5.41) is 1.76. The molecule has 21 heavy (non-hydrogen) atoms. The van der Waals surface area contributed by atoms with E-state index >= 15 is 0 Å². The number of rotatable bonds is 6. The van der Waals surface area contributed by atoms with Crippen LogP contribution in [0, 0.1) is 0 Å².